The van der Waals surface area contributed by atoms with Crippen LogP contribution < -0.4 is 10.9 Å². The summed E-state index contributed by atoms with van der Waals surface area (Å²) in [4.78, 5) is 23.7. The number of benzene rings is 2. The molecule has 0 saturated carbocycles. The zero-order chi connectivity index (χ0) is 18.6. The maximum atomic E-state index is 12.1. The van der Waals surface area contributed by atoms with Gasteiger partial charge in [0.15, 0.2) is 9.84 Å². The van der Waals surface area contributed by atoms with Crippen LogP contribution in [0, 0.1) is 0 Å². The lowest BCUT2D eigenvalue weighted by Gasteiger charge is -2.09. The van der Waals surface area contributed by atoms with Gasteiger partial charge in [0.2, 0.25) is 0 Å². The molecule has 2 aromatic carbocycles. The Kier molecular flexibility index (Phi) is 6.29. The maximum absolute atomic E-state index is 12.1. The van der Waals surface area contributed by atoms with Crippen LogP contribution in [-0.2, 0) is 14.6 Å². The van der Waals surface area contributed by atoms with Crippen molar-refractivity contribution >= 4 is 56.5 Å². The van der Waals surface area contributed by atoms with Gasteiger partial charge in [-0.05, 0) is 42.5 Å². The van der Waals surface area contributed by atoms with E-state index < -0.39 is 27.4 Å². The van der Waals surface area contributed by atoms with Crippen LogP contribution in [0.2, 0.25) is 15.1 Å². The SMILES string of the molecule is O=C(CS(=O)(=O)c1ccc(Cl)cc1)NNC(=O)c1cc(Cl)ccc1Cl. The molecule has 25 heavy (non-hydrogen) atoms. The molecule has 0 bridgehead atoms. The van der Waals surface area contributed by atoms with Crippen molar-refractivity contribution in [1.82, 2.24) is 10.9 Å². The molecule has 2 N–H and O–H groups in total. The number of amides is 2. The van der Waals surface area contributed by atoms with E-state index in [4.69, 9.17) is 34.8 Å². The van der Waals surface area contributed by atoms with E-state index >= 15 is 0 Å². The summed E-state index contributed by atoms with van der Waals surface area (Å²) in [5, 5.41) is 0.783. The standard InChI is InChI=1S/C15H11Cl3N2O4S/c16-9-1-4-11(5-2-9)25(23,24)8-14(21)19-20-15(22)12-7-10(17)3-6-13(12)18/h1-7H,8H2,(H,19,21)(H,20,22). The van der Waals surface area contributed by atoms with Crippen molar-refractivity contribution in [3.05, 3.63) is 63.1 Å². The smallest absolute Gasteiger partial charge is 0.271 e. The van der Waals surface area contributed by atoms with Gasteiger partial charge in [-0.3, -0.25) is 20.4 Å². The van der Waals surface area contributed by atoms with Gasteiger partial charge in [-0.1, -0.05) is 34.8 Å². The highest BCUT2D eigenvalue weighted by molar-refractivity contribution is 7.92. The van der Waals surface area contributed by atoms with Gasteiger partial charge in [-0.25, -0.2) is 8.42 Å². The Balaban J connectivity index is 1.99. The third-order valence-corrected chi connectivity index (χ3v) is 5.43. The fourth-order valence-corrected chi connectivity index (χ4v) is 3.44. The van der Waals surface area contributed by atoms with Crippen molar-refractivity contribution in [2.24, 2.45) is 0 Å². The van der Waals surface area contributed by atoms with E-state index in [9.17, 15) is 18.0 Å². The van der Waals surface area contributed by atoms with Crippen LogP contribution in [0.5, 0.6) is 0 Å². The summed E-state index contributed by atoms with van der Waals surface area (Å²) in [7, 11) is -3.87. The number of hydrogen-bond acceptors (Lipinski definition) is 4. The first-order chi connectivity index (χ1) is 11.7. The number of nitrogens with one attached hydrogen (secondary N) is 2. The normalized spacial score (nSPS) is 11.0. The van der Waals surface area contributed by atoms with E-state index in [1.54, 1.807) is 0 Å². The summed E-state index contributed by atoms with van der Waals surface area (Å²) in [5.74, 6) is -2.50. The molecule has 2 aromatic rings. The Hall–Kier alpha value is -1.80. The average Bonchev–Trinajstić information content (AvgIpc) is 2.55. The van der Waals surface area contributed by atoms with Crippen LogP contribution in [0.4, 0.5) is 0 Å². The summed E-state index contributed by atoms with van der Waals surface area (Å²) >= 11 is 17.3. The van der Waals surface area contributed by atoms with E-state index in [1.165, 1.54) is 42.5 Å². The lowest BCUT2D eigenvalue weighted by molar-refractivity contribution is -0.119. The fraction of sp³-hybridized carbons (Fsp3) is 0.0667. The van der Waals surface area contributed by atoms with E-state index in [0.717, 1.165) is 0 Å². The Morgan fingerprint density at radius 2 is 1.48 bits per heavy atom. The lowest BCUT2D eigenvalue weighted by Crippen LogP contribution is -2.44. The Labute approximate surface area is 159 Å². The predicted molar refractivity (Wildman–Crippen MR) is 95.6 cm³/mol. The first-order valence-electron chi connectivity index (χ1n) is 6.71. The molecular weight excluding hydrogens is 411 g/mol. The Morgan fingerprint density at radius 1 is 0.880 bits per heavy atom. The van der Waals surface area contributed by atoms with Crippen LogP contribution in [0.1, 0.15) is 10.4 Å². The second-order valence-corrected chi connectivity index (χ2v) is 8.11. The molecule has 0 spiro atoms. The molecule has 2 amide bonds. The van der Waals surface area contributed by atoms with Crippen molar-refractivity contribution in [2.75, 3.05) is 5.75 Å². The van der Waals surface area contributed by atoms with Crippen molar-refractivity contribution in [3.8, 4) is 0 Å². The second-order valence-electron chi connectivity index (χ2n) is 4.84. The first kappa shape index (κ1) is 19.5. The Morgan fingerprint density at radius 3 is 2.12 bits per heavy atom. The lowest BCUT2D eigenvalue weighted by atomic mass is 10.2. The van der Waals surface area contributed by atoms with Gasteiger partial charge in [-0.2, -0.15) is 0 Å². The van der Waals surface area contributed by atoms with Gasteiger partial charge in [-0.15, -0.1) is 0 Å². The average molecular weight is 422 g/mol. The van der Waals surface area contributed by atoms with E-state index in [0.29, 0.717) is 5.02 Å². The van der Waals surface area contributed by atoms with Crippen LogP contribution in [0.3, 0.4) is 0 Å². The summed E-state index contributed by atoms with van der Waals surface area (Å²) in [6, 6.07) is 9.61. The molecule has 0 aliphatic rings. The topological polar surface area (TPSA) is 92.3 Å². The molecule has 2 rings (SSSR count). The number of hydrazine groups is 1. The molecule has 0 radical (unpaired) electrons. The van der Waals surface area contributed by atoms with Gasteiger partial charge < -0.3 is 0 Å². The maximum Gasteiger partial charge on any atom is 0.271 e. The first-order valence-corrected chi connectivity index (χ1v) is 9.50. The molecule has 0 aliphatic heterocycles. The zero-order valence-electron chi connectivity index (χ0n) is 12.4. The van der Waals surface area contributed by atoms with E-state index in [2.05, 4.69) is 5.43 Å². The number of halogens is 3. The minimum Gasteiger partial charge on any atom is -0.272 e. The monoisotopic (exact) mass is 420 g/mol. The molecule has 132 valence electrons. The predicted octanol–water partition coefficient (Wildman–Crippen LogP) is 2.88. The fourth-order valence-electron chi connectivity index (χ4n) is 1.80. The summed E-state index contributed by atoms with van der Waals surface area (Å²) in [5.41, 5.74) is 4.14. The number of rotatable bonds is 4. The zero-order valence-corrected chi connectivity index (χ0v) is 15.5. The van der Waals surface area contributed by atoms with Crippen molar-refractivity contribution in [1.29, 1.82) is 0 Å². The van der Waals surface area contributed by atoms with Gasteiger partial charge >= 0.3 is 0 Å². The molecule has 0 fully saturated rings. The highest BCUT2D eigenvalue weighted by atomic mass is 35.5. The van der Waals surface area contributed by atoms with Gasteiger partial charge in [0.1, 0.15) is 5.75 Å². The van der Waals surface area contributed by atoms with E-state index in [1.807, 2.05) is 5.43 Å². The largest absolute Gasteiger partial charge is 0.272 e. The third-order valence-electron chi connectivity index (χ3n) is 2.98. The molecule has 0 heterocycles. The van der Waals surface area contributed by atoms with Gasteiger partial charge in [0, 0.05) is 10.0 Å². The minimum atomic E-state index is -3.87. The molecule has 10 heteroatoms. The number of sulfone groups is 1. The molecular formula is C15H11Cl3N2O4S. The van der Waals surface area contributed by atoms with Gasteiger partial charge in [0.05, 0.1) is 15.5 Å². The quantitative estimate of drug-likeness (QED) is 0.743. The van der Waals surface area contributed by atoms with Crippen molar-refractivity contribution in [3.63, 3.8) is 0 Å². The minimum absolute atomic E-state index is 0.0371. The van der Waals surface area contributed by atoms with Crippen LogP contribution >= 0.6 is 34.8 Å². The van der Waals surface area contributed by atoms with Crippen LogP contribution in [-0.4, -0.2) is 26.0 Å². The highest BCUT2D eigenvalue weighted by Gasteiger charge is 2.20. The molecule has 0 unspecified atom stereocenters. The van der Waals surface area contributed by atoms with Crippen LogP contribution in [0.25, 0.3) is 0 Å². The number of hydrogen-bond donors (Lipinski definition) is 2. The molecule has 0 aromatic heterocycles. The summed E-state index contributed by atoms with van der Waals surface area (Å²) < 4.78 is 24.2. The van der Waals surface area contributed by atoms with Crippen LogP contribution in [0.15, 0.2) is 47.4 Å². The van der Waals surface area contributed by atoms with E-state index in [-0.39, 0.29) is 20.5 Å². The summed E-state index contributed by atoms with van der Waals surface area (Å²) in [6.07, 6.45) is 0. The van der Waals surface area contributed by atoms with Crippen molar-refractivity contribution in [2.45, 2.75) is 4.90 Å². The Bertz CT molecular complexity index is 915. The van der Waals surface area contributed by atoms with Gasteiger partial charge in [0.25, 0.3) is 11.8 Å². The number of carbonyl (C=O) groups is 2. The molecule has 0 atom stereocenters. The second kappa shape index (κ2) is 8.05. The molecule has 0 aliphatic carbocycles. The third kappa shape index (κ3) is 5.34. The van der Waals surface area contributed by atoms with Crippen molar-refractivity contribution < 1.29 is 18.0 Å². The molecule has 0 saturated heterocycles. The molecule has 6 nitrogen and oxygen atoms in total. The summed E-state index contributed by atoms with van der Waals surface area (Å²) in [6.45, 7) is 0. The number of carbonyl (C=O) groups excluding carboxylic acids is 2. The highest BCUT2D eigenvalue weighted by Crippen LogP contribution is 2.20.